The predicted molar refractivity (Wildman–Crippen MR) is 63.1 cm³/mol. The topological polar surface area (TPSA) is 38.3 Å². The molecule has 1 rings (SSSR count). The zero-order valence-corrected chi connectivity index (χ0v) is 10.8. The smallest absolute Gasteiger partial charge is 0.407 e. The molecule has 0 heterocycles. The first-order valence-corrected chi connectivity index (χ1v) is 5.48. The Kier molecular flexibility index (Phi) is 4.42. The van der Waals surface area contributed by atoms with Gasteiger partial charge in [0.25, 0.3) is 0 Å². The molecule has 0 unspecified atom stereocenters. The van der Waals surface area contributed by atoms with Crippen LogP contribution in [0, 0.1) is 6.92 Å². The van der Waals surface area contributed by atoms with Crippen molar-refractivity contribution in [1.82, 2.24) is 5.32 Å². The molecule has 0 radical (unpaired) electrons. The standard InChI is InChI=1S/C10H11BrClNO2/c1-6-3-7(5-13-10(14)15-2)9(12)8(11)4-6/h3-4H,5H2,1-2H3,(H,13,14). The third-order valence-electron chi connectivity index (χ3n) is 1.86. The molecule has 3 nitrogen and oxygen atoms in total. The molecule has 0 atom stereocenters. The summed E-state index contributed by atoms with van der Waals surface area (Å²) in [4.78, 5) is 10.9. The zero-order chi connectivity index (χ0) is 11.4. The molecular formula is C10H11BrClNO2. The Bertz CT molecular complexity index is 382. The molecule has 0 spiro atoms. The number of ether oxygens (including phenoxy) is 1. The number of carbonyl (C=O) groups is 1. The van der Waals surface area contributed by atoms with Gasteiger partial charge in [-0.05, 0) is 40.0 Å². The molecule has 15 heavy (non-hydrogen) atoms. The van der Waals surface area contributed by atoms with Gasteiger partial charge in [-0.2, -0.15) is 0 Å². The lowest BCUT2D eigenvalue weighted by atomic mass is 10.1. The van der Waals surface area contributed by atoms with Crippen LogP contribution in [0.2, 0.25) is 5.02 Å². The molecule has 0 aliphatic rings. The van der Waals surface area contributed by atoms with Crippen molar-refractivity contribution >= 4 is 33.6 Å². The van der Waals surface area contributed by atoms with Crippen molar-refractivity contribution in [2.24, 2.45) is 0 Å². The number of rotatable bonds is 2. The van der Waals surface area contributed by atoms with Gasteiger partial charge in [0.15, 0.2) is 0 Å². The summed E-state index contributed by atoms with van der Waals surface area (Å²) < 4.78 is 5.29. The summed E-state index contributed by atoms with van der Waals surface area (Å²) in [6.07, 6.45) is -0.469. The lowest BCUT2D eigenvalue weighted by Gasteiger charge is -2.08. The fourth-order valence-electron chi connectivity index (χ4n) is 1.16. The molecule has 82 valence electrons. The maximum absolute atomic E-state index is 10.9. The van der Waals surface area contributed by atoms with E-state index in [4.69, 9.17) is 11.6 Å². The van der Waals surface area contributed by atoms with Gasteiger partial charge < -0.3 is 10.1 Å². The molecule has 1 amide bonds. The van der Waals surface area contributed by atoms with Crippen molar-refractivity contribution < 1.29 is 9.53 Å². The number of methoxy groups -OCH3 is 1. The monoisotopic (exact) mass is 291 g/mol. The molecule has 1 N–H and O–H groups in total. The third-order valence-corrected chi connectivity index (χ3v) is 3.16. The summed E-state index contributed by atoms with van der Waals surface area (Å²) in [5.74, 6) is 0. The van der Waals surface area contributed by atoms with E-state index in [1.165, 1.54) is 7.11 Å². The van der Waals surface area contributed by atoms with Crippen LogP contribution in [-0.4, -0.2) is 13.2 Å². The van der Waals surface area contributed by atoms with Crippen molar-refractivity contribution in [2.45, 2.75) is 13.5 Å². The van der Waals surface area contributed by atoms with E-state index in [-0.39, 0.29) is 0 Å². The van der Waals surface area contributed by atoms with Crippen LogP contribution in [0.15, 0.2) is 16.6 Å². The zero-order valence-electron chi connectivity index (χ0n) is 8.43. The second-order valence-corrected chi connectivity index (χ2v) is 4.30. The average molecular weight is 293 g/mol. The molecule has 5 heteroatoms. The molecule has 0 fully saturated rings. The summed E-state index contributed by atoms with van der Waals surface area (Å²) >= 11 is 9.40. The number of nitrogens with one attached hydrogen (secondary N) is 1. The highest BCUT2D eigenvalue weighted by Gasteiger charge is 2.07. The Morgan fingerprint density at radius 2 is 2.27 bits per heavy atom. The van der Waals surface area contributed by atoms with Crippen LogP contribution >= 0.6 is 27.5 Å². The second kappa shape index (κ2) is 5.37. The van der Waals surface area contributed by atoms with E-state index in [9.17, 15) is 4.79 Å². The molecular weight excluding hydrogens is 281 g/mol. The fourth-order valence-corrected chi connectivity index (χ4v) is 1.96. The molecule has 0 bridgehead atoms. The van der Waals surface area contributed by atoms with Crippen LogP contribution in [0.25, 0.3) is 0 Å². The number of hydrogen-bond acceptors (Lipinski definition) is 2. The molecule has 1 aromatic carbocycles. The van der Waals surface area contributed by atoms with Crippen molar-refractivity contribution in [3.05, 3.63) is 32.8 Å². The Balaban J connectivity index is 2.81. The summed E-state index contributed by atoms with van der Waals surface area (Å²) in [7, 11) is 1.32. The second-order valence-electron chi connectivity index (χ2n) is 3.06. The van der Waals surface area contributed by atoms with Crippen molar-refractivity contribution in [3.8, 4) is 0 Å². The Labute approximate surface area is 102 Å². The number of hydrogen-bond donors (Lipinski definition) is 1. The number of halogens is 2. The minimum Gasteiger partial charge on any atom is -0.453 e. The lowest BCUT2D eigenvalue weighted by Crippen LogP contribution is -2.22. The third kappa shape index (κ3) is 3.39. The van der Waals surface area contributed by atoms with Crippen molar-refractivity contribution in [1.29, 1.82) is 0 Å². The Morgan fingerprint density at radius 3 is 2.87 bits per heavy atom. The van der Waals surface area contributed by atoms with Gasteiger partial charge >= 0.3 is 6.09 Å². The van der Waals surface area contributed by atoms with Gasteiger partial charge in [-0.3, -0.25) is 0 Å². The Hall–Kier alpha value is -0.740. The van der Waals surface area contributed by atoms with E-state index in [0.717, 1.165) is 15.6 Å². The van der Waals surface area contributed by atoms with Gasteiger partial charge in [0.2, 0.25) is 0 Å². The fraction of sp³-hybridized carbons (Fsp3) is 0.300. The molecule has 0 aliphatic heterocycles. The number of benzene rings is 1. The van der Waals surface area contributed by atoms with Crippen LogP contribution in [0.4, 0.5) is 4.79 Å². The van der Waals surface area contributed by atoms with Crippen LogP contribution in [0.3, 0.4) is 0 Å². The first-order valence-electron chi connectivity index (χ1n) is 4.31. The minimum atomic E-state index is -0.469. The van der Waals surface area contributed by atoms with E-state index in [1.54, 1.807) is 0 Å². The van der Waals surface area contributed by atoms with Gasteiger partial charge in [-0.15, -0.1) is 0 Å². The average Bonchev–Trinajstić information content (AvgIpc) is 2.20. The van der Waals surface area contributed by atoms with E-state index >= 15 is 0 Å². The normalized spacial score (nSPS) is 9.87. The predicted octanol–water partition coefficient (Wildman–Crippen LogP) is 3.27. The first-order chi connectivity index (χ1) is 7.04. The van der Waals surface area contributed by atoms with Gasteiger partial charge in [0, 0.05) is 11.0 Å². The van der Waals surface area contributed by atoms with Crippen LogP contribution < -0.4 is 5.32 Å². The summed E-state index contributed by atoms with van der Waals surface area (Å²) in [5, 5.41) is 3.19. The van der Waals surface area contributed by atoms with Crippen molar-refractivity contribution in [2.75, 3.05) is 7.11 Å². The van der Waals surface area contributed by atoms with Crippen LogP contribution in [-0.2, 0) is 11.3 Å². The first kappa shape index (κ1) is 12.3. The Morgan fingerprint density at radius 1 is 1.60 bits per heavy atom. The van der Waals surface area contributed by atoms with Gasteiger partial charge in [-0.1, -0.05) is 17.7 Å². The molecule has 1 aromatic rings. The number of aryl methyl sites for hydroxylation is 1. The van der Waals surface area contributed by atoms with Crippen LogP contribution in [0.1, 0.15) is 11.1 Å². The molecule has 0 aliphatic carbocycles. The van der Waals surface area contributed by atoms with Gasteiger partial charge in [0.1, 0.15) is 0 Å². The lowest BCUT2D eigenvalue weighted by molar-refractivity contribution is 0.170. The quantitative estimate of drug-likeness (QED) is 0.908. The molecule has 0 aromatic heterocycles. The highest BCUT2D eigenvalue weighted by atomic mass is 79.9. The largest absolute Gasteiger partial charge is 0.453 e. The summed E-state index contributed by atoms with van der Waals surface area (Å²) in [6, 6.07) is 3.84. The SMILES string of the molecule is COC(=O)NCc1cc(C)cc(Br)c1Cl. The number of alkyl carbamates (subject to hydrolysis) is 1. The van der Waals surface area contributed by atoms with Crippen molar-refractivity contribution in [3.63, 3.8) is 0 Å². The summed E-state index contributed by atoms with van der Waals surface area (Å²) in [6.45, 7) is 2.31. The van der Waals surface area contributed by atoms with Gasteiger partial charge in [0.05, 0.1) is 12.1 Å². The summed E-state index contributed by atoms with van der Waals surface area (Å²) in [5.41, 5.74) is 1.93. The maximum Gasteiger partial charge on any atom is 0.407 e. The number of amides is 1. The van der Waals surface area contributed by atoms with E-state index in [2.05, 4.69) is 26.0 Å². The molecule has 0 saturated heterocycles. The van der Waals surface area contributed by atoms with E-state index in [0.29, 0.717) is 11.6 Å². The number of carbonyl (C=O) groups excluding carboxylic acids is 1. The highest BCUT2D eigenvalue weighted by molar-refractivity contribution is 9.10. The maximum atomic E-state index is 10.9. The highest BCUT2D eigenvalue weighted by Crippen LogP contribution is 2.27. The van der Waals surface area contributed by atoms with Gasteiger partial charge in [-0.25, -0.2) is 4.79 Å². The van der Waals surface area contributed by atoms with E-state index in [1.807, 2.05) is 19.1 Å². The molecule has 0 saturated carbocycles. The van der Waals surface area contributed by atoms with E-state index < -0.39 is 6.09 Å². The minimum absolute atomic E-state index is 0.353. The van der Waals surface area contributed by atoms with Crippen LogP contribution in [0.5, 0.6) is 0 Å².